The first-order chi connectivity index (χ1) is 17.1. The van der Waals surface area contributed by atoms with Crippen LogP contribution in [0.5, 0.6) is 0 Å². The Hall–Kier alpha value is -3.23. The summed E-state index contributed by atoms with van der Waals surface area (Å²) < 4.78 is 19.7. The predicted molar refractivity (Wildman–Crippen MR) is 137 cm³/mol. The lowest BCUT2D eigenvalue weighted by Crippen LogP contribution is -2.44. The number of carbonyl (C=O) groups excluding carboxylic acids is 1. The third kappa shape index (κ3) is 6.92. The molecule has 2 atom stereocenters. The molecule has 0 spiro atoms. The van der Waals surface area contributed by atoms with Crippen LogP contribution in [0, 0.1) is 11.2 Å². The van der Waals surface area contributed by atoms with Gasteiger partial charge in [-0.3, -0.25) is 14.7 Å². The maximum Gasteiger partial charge on any atom is 0.311 e. The number of benzene rings is 2. The van der Waals surface area contributed by atoms with Crippen molar-refractivity contribution in [3.05, 3.63) is 76.3 Å². The van der Waals surface area contributed by atoms with E-state index in [9.17, 15) is 19.1 Å². The number of hydrogen-bond donors (Lipinski definition) is 3. The number of halogens is 2. The summed E-state index contributed by atoms with van der Waals surface area (Å²) >= 11 is 6.03. The molecule has 0 radical (unpaired) electrons. The Morgan fingerprint density at radius 2 is 1.92 bits per heavy atom. The highest BCUT2D eigenvalue weighted by Gasteiger charge is 2.37. The molecule has 7 nitrogen and oxygen atoms in total. The SMILES string of the molecule is CCOC[C@](C)(C[C@@H](Cc1ccc(-c2cc(Cl)ccc2F)cc1)NC(=O)c1cc(CC)[nH]n1)C(=O)O. The van der Waals surface area contributed by atoms with Crippen LogP contribution in [0.2, 0.25) is 5.02 Å². The number of carboxylic acid groups (broad SMARTS) is 1. The number of hydrogen-bond acceptors (Lipinski definition) is 4. The highest BCUT2D eigenvalue weighted by Crippen LogP contribution is 2.29. The van der Waals surface area contributed by atoms with Crippen molar-refractivity contribution < 1.29 is 23.8 Å². The Kier molecular flexibility index (Phi) is 9.23. The average Bonchev–Trinajstić information content (AvgIpc) is 3.34. The minimum atomic E-state index is -1.21. The van der Waals surface area contributed by atoms with E-state index in [1.807, 2.05) is 19.1 Å². The molecule has 0 bridgehead atoms. The van der Waals surface area contributed by atoms with E-state index < -0.39 is 23.3 Å². The lowest BCUT2D eigenvalue weighted by atomic mass is 9.82. The van der Waals surface area contributed by atoms with E-state index in [4.69, 9.17) is 16.3 Å². The number of H-pyrrole nitrogens is 1. The third-order valence-corrected chi connectivity index (χ3v) is 6.33. The largest absolute Gasteiger partial charge is 0.481 e. The Morgan fingerprint density at radius 1 is 1.19 bits per heavy atom. The Bertz CT molecular complexity index is 1200. The molecule has 0 saturated carbocycles. The number of nitrogens with one attached hydrogen (secondary N) is 2. The quantitative estimate of drug-likeness (QED) is 0.304. The zero-order valence-corrected chi connectivity index (χ0v) is 21.4. The molecule has 3 N–H and O–H groups in total. The summed E-state index contributed by atoms with van der Waals surface area (Å²) in [6, 6.07) is 12.8. The third-order valence-electron chi connectivity index (χ3n) is 6.09. The van der Waals surface area contributed by atoms with Crippen LogP contribution in [0.15, 0.2) is 48.5 Å². The molecule has 36 heavy (non-hydrogen) atoms. The molecule has 1 heterocycles. The van der Waals surface area contributed by atoms with Gasteiger partial charge in [-0.25, -0.2) is 4.39 Å². The van der Waals surface area contributed by atoms with Gasteiger partial charge in [0, 0.05) is 28.9 Å². The first-order valence-electron chi connectivity index (χ1n) is 11.9. The van der Waals surface area contributed by atoms with Gasteiger partial charge in [0.1, 0.15) is 11.5 Å². The fourth-order valence-corrected chi connectivity index (χ4v) is 4.17. The summed E-state index contributed by atoms with van der Waals surface area (Å²) in [5.41, 5.74) is 1.76. The van der Waals surface area contributed by atoms with Crippen LogP contribution in [0.3, 0.4) is 0 Å². The van der Waals surface area contributed by atoms with Gasteiger partial charge in [-0.2, -0.15) is 5.10 Å². The van der Waals surface area contributed by atoms with Crippen molar-refractivity contribution in [2.45, 2.75) is 46.1 Å². The smallest absolute Gasteiger partial charge is 0.311 e. The second kappa shape index (κ2) is 12.1. The lowest BCUT2D eigenvalue weighted by Gasteiger charge is -2.30. The molecule has 0 aliphatic rings. The molecular weight excluding hydrogens is 485 g/mol. The van der Waals surface area contributed by atoms with Crippen molar-refractivity contribution in [3.8, 4) is 11.1 Å². The van der Waals surface area contributed by atoms with E-state index >= 15 is 0 Å². The minimum Gasteiger partial charge on any atom is -0.481 e. The predicted octanol–water partition coefficient (Wildman–Crippen LogP) is 5.29. The van der Waals surface area contributed by atoms with Gasteiger partial charge in [0.25, 0.3) is 5.91 Å². The molecule has 3 rings (SSSR count). The van der Waals surface area contributed by atoms with E-state index in [2.05, 4.69) is 15.5 Å². The van der Waals surface area contributed by atoms with Gasteiger partial charge in [0.05, 0.1) is 12.0 Å². The molecule has 0 aliphatic heterocycles. The second-order valence-corrected chi connectivity index (χ2v) is 9.47. The lowest BCUT2D eigenvalue weighted by molar-refractivity contribution is -0.152. The van der Waals surface area contributed by atoms with Crippen LogP contribution in [0.4, 0.5) is 4.39 Å². The maximum atomic E-state index is 14.3. The monoisotopic (exact) mass is 515 g/mol. The molecule has 9 heteroatoms. The Morgan fingerprint density at radius 3 is 2.53 bits per heavy atom. The number of aromatic nitrogens is 2. The van der Waals surface area contributed by atoms with E-state index in [-0.39, 0.29) is 24.5 Å². The van der Waals surface area contributed by atoms with E-state index in [1.54, 1.807) is 38.1 Å². The van der Waals surface area contributed by atoms with Crippen LogP contribution in [0.25, 0.3) is 11.1 Å². The van der Waals surface area contributed by atoms with Crippen molar-refractivity contribution in [1.29, 1.82) is 0 Å². The fraction of sp³-hybridized carbons (Fsp3) is 0.370. The van der Waals surface area contributed by atoms with Crippen LogP contribution < -0.4 is 5.32 Å². The molecule has 192 valence electrons. The van der Waals surface area contributed by atoms with E-state index in [0.29, 0.717) is 35.6 Å². The van der Waals surface area contributed by atoms with Crippen LogP contribution in [0.1, 0.15) is 48.9 Å². The normalized spacial score (nSPS) is 13.7. The van der Waals surface area contributed by atoms with Gasteiger partial charge in [-0.1, -0.05) is 42.8 Å². The summed E-state index contributed by atoms with van der Waals surface area (Å²) in [7, 11) is 0. The molecule has 0 saturated heterocycles. The van der Waals surface area contributed by atoms with Crippen molar-refractivity contribution in [1.82, 2.24) is 15.5 Å². The summed E-state index contributed by atoms with van der Waals surface area (Å²) in [5.74, 6) is -1.77. The van der Waals surface area contributed by atoms with Crippen LogP contribution in [-0.4, -0.2) is 46.4 Å². The van der Waals surface area contributed by atoms with Gasteiger partial charge in [0.2, 0.25) is 0 Å². The number of carboxylic acids is 1. The Balaban J connectivity index is 1.84. The molecular formula is C27H31ClFN3O4. The summed E-state index contributed by atoms with van der Waals surface area (Å²) in [6.07, 6.45) is 1.21. The number of nitrogens with zero attached hydrogens (tertiary/aromatic N) is 1. The topological polar surface area (TPSA) is 104 Å². The molecule has 0 fully saturated rings. The summed E-state index contributed by atoms with van der Waals surface area (Å²) in [6.45, 7) is 5.76. The molecule has 3 aromatic rings. The van der Waals surface area contributed by atoms with E-state index in [0.717, 1.165) is 11.3 Å². The van der Waals surface area contributed by atoms with Gasteiger partial charge in [0.15, 0.2) is 0 Å². The van der Waals surface area contributed by atoms with Crippen molar-refractivity contribution in [2.75, 3.05) is 13.2 Å². The zero-order chi connectivity index (χ0) is 26.3. The summed E-state index contributed by atoms with van der Waals surface area (Å²) in [5, 5.41) is 20.2. The fourth-order valence-electron chi connectivity index (χ4n) is 4.00. The van der Waals surface area contributed by atoms with Gasteiger partial charge in [-0.15, -0.1) is 0 Å². The average molecular weight is 516 g/mol. The summed E-state index contributed by atoms with van der Waals surface area (Å²) in [4.78, 5) is 25.0. The number of aryl methyl sites for hydroxylation is 1. The van der Waals surface area contributed by atoms with Crippen molar-refractivity contribution in [2.24, 2.45) is 5.41 Å². The second-order valence-electron chi connectivity index (χ2n) is 9.03. The molecule has 0 aliphatic carbocycles. The molecule has 1 amide bonds. The van der Waals surface area contributed by atoms with Gasteiger partial charge < -0.3 is 15.2 Å². The number of aliphatic carboxylic acids is 1. The first kappa shape index (κ1) is 27.4. The Labute approximate surface area is 215 Å². The van der Waals surface area contributed by atoms with Crippen molar-refractivity contribution in [3.63, 3.8) is 0 Å². The number of amides is 1. The van der Waals surface area contributed by atoms with Crippen LogP contribution >= 0.6 is 11.6 Å². The molecule has 0 unspecified atom stereocenters. The zero-order valence-electron chi connectivity index (χ0n) is 20.6. The van der Waals surface area contributed by atoms with Crippen LogP contribution in [-0.2, 0) is 22.4 Å². The van der Waals surface area contributed by atoms with Gasteiger partial charge in [-0.05, 0) is 68.5 Å². The molecule has 1 aromatic heterocycles. The van der Waals surface area contributed by atoms with Gasteiger partial charge >= 0.3 is 5.97 Å². The number of ether oxygens (including phenoxy) is 1. The number of rotatable bonds is 12. The highest BCUT2D eigenvalue weighted by atomic mass is 35.5. The first-order valence-corrected chi connectivity index (χ1v) is 12.2. The number of carbonyl (C=O) groups is 2. The molecule has 2 aromatic carbocycles. The van der Waals surface area contributed by atoms with Crippen molar-refractivity contribution >= 4 is 23.5 Å². The van der Waals surface area contributed by atoms with E-state index in [1.165, 1.54) is 12.1 Å². The highest BCUT2D eigenvalue weighted by molar-refractivity contribution is 6.30. The number of aromatic amines is 1. The maximum absolute atomic E-state index is 14.3. The minimum absolute atomic E-state index is 0.0145. The standard InChI is InChI=1S/C27H31ClFN3O4/c1-4-20-14-24(32-31-20)25(33)30-21(15-27(3,26(34)35)16-36-5-2)12-17-6-8-18(9-7-17)22-13-19(28)10-11-23(22)29/h6-11,13-14,21H,4-5,12,15-16H2,1-3H3,(H,30,33)(H,31,32)(H,34,35)/t21-,27+/m1/s1.